The molecule has 0 aromatic rings. The van der Waals surface area contributed by atoms with Gasteiger partial charge in [-0.25, -0.2) is 0 Å². The predicted octanol–water partition coefficient (Wildman–Crippen LogP) is -7.94. The minimum absolute atomic E-state index is 2.00. The van der Waals surface area contributed by atoms with Crippen molar-refractivity contribution in [3.05, 3.63) is 0 Å². The van der Waals surface area contributed by atoms with Crippen LogP contribution in [0.5, 0.6) is 0 Å². The van der Waals surface area contributed by atoms with Crippen molar-refractivity contribution < 1.29 is 38.6 Å². The van der Waals surface area contributed by atoms with Gasteiger partial charge >= 0.3 is 0 Å². The van der Waals surface area contributed by atoms with Gasteiger partial charge in [0, 0.05) is 0 Å². The average Bonchev–Trinajstić information content (AvgIpc) is 1.36. The van der Waals surface area contributed by atoms with E-state index in [4.69, 9.17) is 18.5 Å². The Balaban J connectivity index is 0. The van der Waals surface area contributed by atoms with Gasteiger partial charge in [-0.3, -0.25) is 13.7 Å². The first-order chi connectivity index (χ1) is 3.00. The van der Waals surface area contributed by atoms with Gasteiger partial charge in [0.05, 0.1) is 0 Å². The van der Waals surface area contributed by atoms with E-state index in [9.17, 15) is 0 Å². The molecule has 0 aliphatic rings. The van der Waals surface area contributed by atoms with Crippen molar-refractivity contribution in [3.63, 3.8) is 0 Å². The van der Waals surface area contributed by atoms with Gasteiger partial charge in [-0.05, 0) is 0 Å². The van der Waals surface area contributed by atoms with E-state index in [1.54, 1.807) is 0 Å². The van der Waals surface area contributed by atoms with E-state index in [-0.39, 0.29) is 0 Å². The van der Waals surface area contributed by atoms with Crippen LogP contribution in [-0.2, 0) is 4.79 Å². The van der Waals surface area contributed by atoms with Crippen molar-refractivity contribution in [2.24, 2.45) is 0 Å². The fourth-order valence-electron chi connectivity index (χ4n) is 0. The van der Waals surface area contributed by atoms with Crippen molar-refractivity contribution in [2.75, 3.05) is 0 Å². The third-order valence-electron chi connectivity index (χ3n) is 0. The quantitative estimate of drug-likeness (QED) is 0.377. The Hall–Kier alpha value is 0.240. The zero-order valence-electron chi connectivity index (χ0n) is 3.13. The highest BCUT2D eigenvalue weighted by Gasteiger charge is 1.94. The molecule has 0 atom stereocenters. The molecule has 0 bridgehead atoms. The molecule has 0 N–H and O–H groups in total. The molecule has 0 aliphatic carbocycles. The molecule has 0 saturated carbocycles. The minimum atomic E-state index is -5.94. The first kappa shape index (κ1) is 10.3. The van der Waals surface area contributed by atoms with Gasteiger partial charge < -0.3 is 4.79 Å². The van der Waals surface area contributed by atoms with E-state index in [2.05, 4.69) is 0 Å². The number of hydrogen-bond donors (Lipinski definition) is 0. The summed E-state index contributed by atoms with van der Waals surface area (Å²) in [5.41, 5.74) is 0. The first-order valence-electron chi connectivity index (χ1n) is 0.906. The van der Waals surface area contributed by atoms with E-state index in [0.717, 1.165) is 0 Å². The smallest absolute Gasteiger partial charge is 0.144 e. The molecule has 0 aromatic heterocycles. The molecule has 0 aliphatic heterocycles. The SMILES string of the molecule is C=O.[O-][I+3]([O-])([O-])[O-]. The lowest BCUT2D eigenvalue weighted by Crippen LogP contribution is -4.29. The molecule has 44 valence electrons. The minimum Gasteiger partial charge on any atom is -0.307 e. The van der Waals surface area contributed by atoms with Crippen LogP contribution < -0.4 is 33.8 Å². The second-order valence-corrected chi connectivity index (χ2v) is 2.54. The number of rotatable bonds is 0. The van der Waals surface area contributed by atoms with Crippen LogP contribution in [0.1, 0.15) is 0 Å². The lowest BCUT2D eigenvalue weighted by molar-refractivity contribution is -2.00. The molecule has 0 radical (unpaired) electrons. The molecule has 0 amide bonds. The maximum absolute atomic E-state index is 8.62. The van der Waals surface area contributed by atoms with E-state index >= 15 is 0 Å². The maximum atomic E-state index is 8.62. The van der Waals surface area contributed by atoms with Crippen molar-refractivity contribution >= 4 is 6.79 Å². The molecule has 7 heavy (non-hydrogen) atoms. The zero-order chi connectivity index (χ0) is 6.50. The van der Waals surface area contributed by atoms with Gasteiger partial charge in [0.2, 0.25) is 0 Å². The summed E-state index contributed by atoms with van der Waals surface area (Å²) in [5, 5.41) is 0. The predicted molar refractivity (Wildman–Crippen MR) is 7.12 cm³/mol. The molecule has 0 rings (SSSR count). The van der Waals surface area contributed by atoms with Crippen LogP contribution in [0, 0.1) is 0 Å². The molecule has 0 aromatic carbocycles. The largest absolute Gasteiger partial charge is 0.307 e. The standard InChI is InChI=1S/CH2O.IO4/c1-2;2-1(3,4)5/h1H2;/q;-1. The Morgan fingerprint density at radius 2 is 1.00 bits per heavy atom. The van der Waals surface area contributed by atoms with Crippen LogP contribution in [0.4, 0.5) is 0 Å². The normalized spacial score (nSPS) is 9.14. The molecule has 0 spiro atoms. The lowest BCUT2D eigenvalue weighted by atomic mass is 11.9. The highest BCUT2D eigenvalue weighted by atomic mass is 127. The average molecular weight is 221 g/mol. The van der Waals surface area contributed by atoms with Gasteiger partial charge in [0.15, 0.2) is 0 Å². The second-order valence-electron chi connectivity index (χ2n) is 0.378. The van der Waals surface area contributed by atoms with Crippen molar-refractivity contribution in [1.29, 1.82) is 0 Å². The summed E-state index contributed by atoms with van der Waals surface area (Å²) < 4.78 is 34.5. The number of carbonyl (C=O) groups is 1. The second kappa shape index (κ2) is 4.40. The molecule has 0 unspecified atom stereocenters. The maximum Gasteiger partial charge on any atom is 0.144 e. The van der Waals surface area contributed by atoms with Crippen LogP contribution in [0.15, 0.2) is 0 Å². The van der Waals surface area contributed by atoms with Crippen molar-refractivity contribution in [3.8, 4) is 0 Å². The monoisotopic (exact) mass is 221 g/mol. The number of hydrogen-bond acceptors (Lipinski definition) is 5. The topological polar surface area (TPSA) is 109 Å². The lowest BCUT2D eigenvalue weighted by Gasteiger charge is -2.08. The summed E-state index contributed by atoms with van der Waals surface area (Å²) in [7, 11) is 0. The Labute approximate surface area is 45.9 Å². The van der Waals surface area contributed by atoms with Crippen LogP contribution in [0.25, 0.3) is 0 Å². The van der Waals surface area contributed by atoms with Crippen LogP contribution in [0.2, 0.25) is 0 Å². The van der Waals surface area contributed by atoms with Gasteiger partial charge in [0.25, 0.3) is 0 Å². The van der Waals surface area contributed by atoms with Crippen molar-refractivity contribution in [1.82, 2.24) is 0 Å². The van der Waals surface area contributed by atoms with E-state index in [0.29, 0.717) is 0 Å². The Bertz CT molecular complexity index is 31.8. The van der Waals surface area contributed by atoms with E-state index < -0.39 is 20.1 Å². The highest BCUT2D eigenvalue weighted by Crippen LogP contribution is 0.494. The Morgan fingerprint density at radius 3 is 1.00 bits per heavy atom. The van der Waals surface area contributed by atoms with Gasteiger partial charge in [0.1, 0.15) is 26.9 Å². The molecular weight excluding hydrogens is 219 g/mol. The summed E-state index contributed by atoms with van der Waals surface area (Å²) in [6, 6.07) is 0. The third-order valence-corrected chi connectivity index (χ3v) is 0. The molecule has 0 saturated heterocycles. The van der Waals surface area contributed by atoms with Gasteiger partial charge in [-0.2, -0.15) is 0 Å². The molecule has 0 heterocycles. The van der Waals surface area contributed by atoms with Crippen molar-refractivity contribution in [2.45, 2.75) is 0 Å². The summed E-state index contributed by atoms with van der Waals surface area (Å²) in [6.45, 7) is 2.00. The van der Waals surface area contributed by atoms with E-state index in [1.165, 1.54) is 0 Å². The number of carbonyl (C=O) groups excluding carboxylic acids is 1. The van der Waals surface area contributed by atoms with E-state index in [1.807, 2.05) is 6.79 Å². The van der Waals surface area contributed by atoms with Gasteiger partial charge in [-0.15, -0.1) is 0 Å². The number of halogens is 1. The fraction of sp³-hybridized carbons (Fsp3) is 0. The first-order valence-corrected chi connectivity index (χ1v) is 4.43. The summed E-state index contributed by atoms with van der Waals surface area (Å²) in [6.07, 6.45) is 0. The Kier molecular flexibility index (Phi) is 6.45. The highest BCUT2D eigenvalue weighted by molar-refractivity contribution is 5.10. The van der Waals surface area contributed by atoms with Crippen LogP contribution >= 0.6 is 0 Å². The fourth-order valence-corrected chi connectivity index (χ4v) is 0. The molecule has 5 nitrogen and oxygen atoms in total. The zero-order valence-corrected chi connectivity index (χ0v) is 5.28. The summed E-state index contributed by atoms with van der Waals surface area (Å²) in [5.74, 6) is 0. The summed E-state index contributed by atoms with van der Waals surface area (Å²) >= 11 is -5.94. The summed E-state index contributed by atoms with van der Waals surface area (Å²) in [4.78, 5) is 8.00. The molecular formula is CH2IO5-. The van der Waals surface area contributed by atoms with Crippen LogP contribution in [-0.4, -0.2) is 6.79 Å². The van der Waals surface area contributed by atoms with Crippen LogP contribution in [0.3, 0.4) is 0 Å². The molecule has 0 fully saturated rings. The van der Waals surface area contributed by atoms with Gasteiger partial charge in [-0.1, -0.05) is 0 Å². The third kappa shape index (κ3) is 1950. The molecule has 6 heteroatoms. The Morgan fingerprint density at radius 1 is 1.00 bits per heavy atom.